The predicted molar refractivity (Wildman–Crippen MR) is 131 cm³/mol. The van der Waals surface area contributed by atoms with Crippen LogP contribution in [0.15, 0.2) is 35.6 Å². The zero-order valence-corrected chi connectivity index (χ0v) is 20.2. The number of hydrogen-bond donors (Lipinski definition) is 2. The molecule has 0 aliphatic carbocycles. The van der Waals surface area contributed by atoms with Crippen molar-refractivity contribution in [3.63, 3.8) is 0 Å². The number of carboxylic acid groups (broad SMARTS) is 1. The number of unbranched alkanes of at least 4 members (excludes halogenated alkanes) is 9. The predicted octanol–water partition coefficient (Wildman–Crippen LogP) is 6.37. The van der Waals surface area contributed by atoms with Crippen molar-refractivity contribution in [2.24, 2.45) is 7.05 Å². The smallest absolute Gasteiger partial charge is 0.321 e. The lowest BCUT2D eigenvalue weighted by Crippen LogP contribution is -2.12. The monoisotopic (exact) mass is 459 g/mol. The Labute approximate surface area is 196 Å². The Morgan fingerprint density at radius 3 is 2.34 bits per heavy atom. The number of thioether (sulfide) groups is 1. The van der Waals surface area contributed by atoms with Gasteiger partial charge in [0.15, 0.2) is 5.16 Å². The molecule has 32 heavy (non-hydrogen) atoms. The van der Waals surface area contributed by atoms with Gasteiger partial charge in [0.05, 0.1) is 6.20 Å². The number of carbonyl (C=O) groups excluding carboxylic acids is 1. The van der Waals surface area contributed by atoms with Crippen molar-refractivity contribution in [1.82, 2.24) is 9.55 Å². The lowest BCUT2D eigenvalue weighted by atomic mass is 9.98. The van der Waals surface area contributed by atoms with E-state index in [0.29, 0.717) is 17.4 Å². The minimum absolute atomic E-state index is 0.533. The van der Waals surface area contributed by atoms with Crippen LogP contribution in [0, 0.1) is 0 Å². The first-order valence-electron chi connectivity index (χ1n) is 11.8. The number of aromatic nitrogens is 2. The fourth-order valence-corrected chi connectivity index (χ4v) is 4.91. The molecule has 1 aromatic carbocycles. The highest BCUT2D eigenvalue weighted by atomic mass is 32.2. The number of benzene rings is 1. The summed E-state index contributed by atoms with van der Waals surface area (Å²) in [6, 6.07) is 7.82. The largest absolute Gasteiger partial charge is 0.480 e. The Hall–Kier alpha value is -2.28. The fourth-order valence-electron chi connectivity index (χ4n) is 3.87. The van der Waals surface area contributed by atoms with E-state index in [-0.39, 0.29) is 0 Å². The minimum atomic E-state index is -0.890. The van der Waals surface area contributed by atoms with Crippen LogP contribution in [0.25, 0.3) is 0 Å². The van der Waals surface area contributed by atoms with Gasteiger partial charge in [0.2, 0.25) is 6.41 Å². The molecule has 0 radical (unpaired) electrons. The second kappa shape index (κ2) is 14.7. The first-order chi connectivity index (χ1) is 15.6. The Morgan fingerprint density at radius 1 is 1.09 bits per heavy atom. The van der Waals surface area contributed by atoms with Crippen molar-refractivity contribution in [2.45, 2.75) is 88.0 Å². The molecule has 1 amide bonds. The molecule has 176 valence electrons. The SMILES string of the molecule is CCCCCCCCCCCCc1ccccc1C(Sc1ncc(NC=O)n1C)C(=O)O. The van der Waals surface area contributed by atoms with Crippen molar-refractivity contribution in [1.29, 1.82) is 0 Å². The number of carboxylic acids is 1. The van der Waals surface area contributed by atoms with E-state index >= 15 is 0 Å². The van der Waals surface area contributed by atoms with Crippen molar-refractivity contribution in [3.05, 3.63) is 41.6 Å². The third kappa shape index (κ3) is 8.34. The van der Waals surface area contributed by atoms with Gasteiger partial charge in [-0.15, -0.1) is 0 Å². The number of nitrogens with one attached hydrogen (secondary N) is 1. The average molecular weight is 460 g/mol. The van der Waals surface area contributed by atoms with Crippen LogP contribution in [0.5, 0.6) is 0 Å². The first-order valence-corrected chi connectivity index (χ1v) is 12.7. The van der Waals surface area contributed by atoms with E-state index in [1.807, 2.05) is 24.3 Å². The van der Waals surface area contributed by atoms with Gasteiger partial charge < -0.3 is 15.0 Å². The summed E-state index contributed by atoms with van der Waals surface area (Å²) in [5, 5.41) is 12.3. The van der Waals surface area contributed by atoms with Gasteiger partial charge in [-0.05, 0) is 24.0 Å². The fraction of sp³-hybridized carbons (Fsp3) is 0.560. The molecule has 0 bridgehead atoms. The molecule has 7 heteroatoms. The Kier molecular flexibility index (Phi) is 11.9. The molecule has 1 aromatic heterocycles. The van der Waals surface area contributed by atoms with E-state index in [2.05, 4.69) is 17.2 Å². The molecule has 0 spiro atoms. The van der Waals surface area contributed by atoms with E-state index in [1.54, 1.807) is 11.6 Å². The maximum absolute atomic E-state index is 12.1. The second-order valence-corrected chi connectivity index (χ2v) is 9.29. The molecule has 2 rings (SSSR count). The summed E-state index contributed by atoms with van der Waals surface area (Å²) < 4.78 is 1.69. The number of aryl methyl sites for hydroxylation is 1. The molecule has 0 saturated carbocycles. The van der Waals surface area contributed by atoms with Gasteiger partial charge in [0.25, 0.3) is 0 Å². The number of rotatable bonds is 17. The molecular weight excluding hydrogens is 422 g/mol. The molecule has 0 aliphatic heterocycles. The van der Waals surface area contributed by atoms with E-state index in [0.717, 1.165) is 24.0 Å². The van der Waals surface area contributed by atoms with Crippen molar-refractivity contribution in [2.75, 3.05) is 5.32 Å². The van der Waals surface area contributed by atoms with Gasteiger partial charge in [-0.3, -0.25) is 9.59 Å². The lowest BCUT2D eigenvalue weighted by Gasteiger charge is -2.17. The number of carbonyl (C=O) groups is 2. The molecule has 0 saturated heterocycles. The Morgan fingerprint density at radius 2 is 1.72 bits per heavy atom. The number of nitrogens with zero attached hydrogens (tertiary/aromatic N) is 2. The van der Waals surface area contributed by atoms with Crippen LogP contribution in [0.3, 0.4) is 0 Å². The van der Waals surface area contributed by atoms with Gasteiger partial charge in [-0.2, -0.15) is 0 Å². The zero-order chi connectivity index (χ0) is 23.2. The van der Waals surface area contributed by atoms with Crippen LogP contribution in [0.1, 0.15) is 87.5 Å². The number of aliphatic carboxylic acids is 1. The van der Waals surface area contributed by atoms with Crippen LogP contribution in [0.4, 0.5) is 5.82 Å². The topological polar surface area (TPSA) is 84.2 Å². The zero-order valence-electron chi connectivity index (χ0n) is 19.4. The highest BCUT2D eigenvalue weighted by molar-refractivity contribution is 8.00. The molecule has 0 fully saturated rings. The van der Waals surface area contributed by atoms with Crippen LogP contribution < -0.4 is 5.32 Å². The molecule has 6 nitrogen and oxygen atoms in total. The van der Waals surface area contributed by atoms with E-state index < -0.39 is 11.2 Å². The van der Waals surface area contributed by atoms with Gasteiger partial charge >= 0.3 is 5.97 Å². The minimum Gasteiger partial charge on any atom is -0.480 e. The summed E-state index contributed by atoms with van der Waals surface area (Å²) in [6.07, 6.45) is 15.8. The second-order valence-electron chi connectivity index (χ2n) is 8.21. The van der Waals surface area contributed by atoms with E-state index in [4.69, 9.17) is 0 Å². The molecule has 2 aromatic rings. The van der Waals surface area contributed by atoms with Crippen LogP contribution in [-0.2, 0) is 23.1 Å². The summed E-state index contributed by atoms with van der Waals surface area (Å²) in [6.45, 7) is 2.25. The molecule has 1 heterocycles. The molecule has 1 atom stereocenters. The summed E-state index contributed by atoms with van der Waals surface area (Å²) in [5.74, 6) is -0.358. The lowest BCUT2D eigenvalue weighted by molar-refractivity contribution is -0.136. The van der Waals surface area contributed by atoms with Gasteiger partial charge in [-0.25, -0.2) is 4.98 Å². The van der Waals surface area contributed by atoms with Crippen molar-refractivity contribution in [3.8, 4) is 0 Å². The average Bonchev–Trinajstić information content (AvgIpc) is 3.13. The van der Waals surface area contributed by atoms with Gasteiger partial charge in [0.1, 0.15) is 11.1 Å². The number of imidazole rings is 1. The number of anilines is 1. The van der Waals surface area contributed by atoms with Crippen LogP contribution in [0.2, 0.25) is 0 Å². The maximum atomic E-state index is 12.1. The normalized spacial score (nSPS) is 11.9. The highest BCUT2D eigenvalue weighted by Gasteiger charge is 2.26. The quantitative estimate of drug-likeness (QED) is 0.163. The maximum Gasteiger partial charge on any atom is 0.321 e. The van der Waals surface area contributed by atoms with Crippen LogP contribution in [-0.4, -0.2) is 27.0 Å². The molecule has 0 aliphatic rings. The van der Waals surface area contributed by atoms with E-state index in [1.165, 1.54) is 75.7 Å². The van der Waals surface area contributed by atoms with Gasteiger partial charge in [0, 0.05) is 7.05 Å². The third-order valence-electron chi connectivity index (χ3n) is 5.74. The first kappa shape index (κ1) is 26.0. The standard InChI is InChI=1S/C25H37N3O3S/c1-3-4-5-6-7-8-9-10-11-12-15-20-16-13-14-17-21(20)23(24(30)31)32-25-26-18-22(27-19-29)28(25)2/h13-14,16-19,23H,3-12,15H2,1-2H3,(H,27,29)(H,30,31). The molecule has 2 N–H and O–H groups in total. The summed E-state index contributed by atoms with van der Waals surface area (Å²) >= 11 is 1.19. The highest BCUT2D eigenvalue weighted by Crippen LogP contribution is 2.37. The summed E-state index contributed by atoms with van der Waals surface area (Å²) in [5.41, 5.74) is 1.92. The third-order valence-corrected chi connectivity index (χ3v) is 7.02. The number of hydrogen-bond acceptors (Lipinski definition) is 4. The Balaban J connectivity index is 1.89. The molecular formula is C25H37N3O3S. The van der Waals surface area contributed by atoms with Crippen LogP contribution >= 0.6 is 11.8 Å². The van der Waals surface area contributed by atoms with Gasteiger partial charge in [-0.1, -0.05) is 101 Å². The Bertz CT molecular complexity index is 838. The molecule has 1 unspecified atom stereocenters. The van der Waals surface area contributed by atoms with Crippen molar-refractivity contribution >= 4 is 30.0 Å². The van der Waals surface area contributed by atoms with Crippen molar-refractivity contribution < 1.29 is 14.7 Å². The summed E-state index contributed by atoms with van der Waals surface area (Å²) in [4.78, 5) is 27.1. The summed E-state index contributed by atoms with van der Waals surface area (Å²) in [7, 11) is 1.76. The number of amides is 1. The van der Waals surface area contributed by atoms with E-state index in [9.17, 15) is 14.7 Å².